The van der Waals surface area contributed by atoms with Gasteiger partial charge >= 0.3 is 6.18 Å². The Bertz CT molecular complexity index is 513. The minimum Gasteiger partial charge on any atom is -0.383 e. The molecule has 96 valence electrons. The van der Waals surface area contributed by atoms with E-state index in [0.717, 1.165) is 0 Å². The molecule has 0 aliphatic carbocycles. The molecule has 0 saturated heterocycles. The van der Waals surface area contributed by atoms with Gasteiger partial charge in [-0.25, -0.2) is 0 Å². The lowest BCUT2D eigenvalue weighted by molar-refractivity contribution is -0.204. The maximum absolute atomic E-state index is 12.1. The van der Waals surface area contributed by atoms with Crippen LogP contribution in [-0.2, 0) is 6.42 Å². The fourth-order valence-corrected chi connectivity index (χ4v) is 1.22. The van der Waals surface area contributed by atoms with E-state index in [-0.39, 0.29) is 11.7 Å². The largest absolute Gasteiger partial charge is 0.414 e. The normalized spacial score (nSPS) is 13.6. The minimum atomic E-state index is -4.71. The van der Waals surface area contributed by atoms with Crippen molar-refractivity contribution in [2.24, 2.45) is 0 Å². The van der Waals surface area contributed by atoms with Gasteiger partial charge in [0.05, 0.1) is 6.42 Å². The molecule has 0 saturated carbocycles. The van der Waals surface area contributed by atoms with Gasteiger partial charge in [-0.1, -0.05) is 11.2 Å². The Kier molecular flexibility index (Phi) is 3.28. The van der Waals surface area contributed by atoms with Gasteiger partial charge in [0.1, 0.15) is 5.69 Å². The average Bonchev–Trinajstić information content (AvgIpc) is 2.77. The van der Waals surface area contributed by atoms with E-state index in [4.69, 9.17) is 5.11 Å². The molecular formula is C10H8F3N3O2. The first kappa shape index (κ1) is 12.5. The molecule has 1 N–H and O–H groups in total. The molecule has 2 heterocycles. The molecule has 0 fully saturated rings. The topological polar surface area (TPSA) is 72.0 Å². The lowest BCUT2D eigenvalue weighted by atomic mass is 10.2. The number of aromatic nitrogens is 3. The number of hydrogen-bond donors (Lipinski definition) is 1. The van der Waals surface area contributed by atoms with Crippen LogP contribution >= 0.6 is 0 Å². The van der Waals surface area contributed by atoms with E-state index in [1.807, 2.05) is 0 Å². The molecule has 2 rings (SSSR count). The Hall–Kier alpha value is -1.96. The number of halogens is 3. The Balaban J connectivity index is 2.12. The van der Waals surface area contributed by atoms with Gasteiger partial charge in [-0.2, -0.15) is 18.2 Å². The highest BCUT2D eigenvalue weighted by Gasteiger charge is 2.39. The van der Waals surface area contributed by atoms with Gasteiger partial charge in [0.25, 0.3) is 0 Å². The Morgan fingerprint density at radius 1 is 1.33 bits per heavy atom. The van der Waals surface area contributed by atoms with Crippen molar-refractivity contribution in [3.8, 4) is 11.5 Å². The summed E-state index contributed by atoms with van der Waals surface area (Å²) in [5.74, 6) is -0.208. The second-order valence-electron chi connectivity index (χ2n) is 3.49. The second-order valence-corrected chi connectivity index (χ2v) is 3.49. The first-order chi connectivity index (χ1) is 8.47. The summed E-state index contributed by atoms with van der Waals surface area (Å²) < 4.78 is 41.0. The predicted octanol–water partition coefficient (Wildman–Crippen LogP) is 1.60. The summed E-state index contributed by atoms with van der Waals surface area (Å²) in [5.41, 5.74) is 0.383. The highest BCUT2D eigenvalue weighted by molar-refractivity contribution is 5.46. The third-order valence-electron chi connectivity index (χ3n) is 2.11. The van der Waals surface area contributed by atoms with E-state index in [1.54, 1.807) is 18.2 Å². The summed E-state index contributed by atoms with van der Waals surface area (Å²) >= 11 is 0. The van der Waals surface area contributed by atoms with Crippen LogP contribution in [0.25, 0.3) is 11.5 Å². The zero-order valence-electron chi connectivity index (χ0n) is 8.92. The molecule has 0 bridgehead atoms. The standard InChI is InChI=1S/C10H8F3N3O2/c11-10(12,13)7(17)5-8-15-9(16-18-8)6-3-1-2-4-14-6/h1-4,7,17H,5H2. The van der Waals surface area contributed by atoms with Crippen LogP contribution in [0.4, 0.5) is 13.2 Å². The summed E-state index contributed by atoms with van der Waals surface area (Å²) in [6.07, 6.45) is -6.51. The summed E-state index contributed by atoms with van der Waals surface area (Å²) in [4.78, 5) is 7.65. The molecule has 0 spiro atoms. The third-order valence-corrected chi connectivity index (χ3v) is 2.11. The van der Waals surface area contributed by atoms with Crippen molar-refractivity contribution in [2.45, 2.75) is 18.7 Å². The molecule has 5 nitrogen and oxygen atoms in total. The molecule has 0 aliphatic heterocycles. The fraction of sp³-hybridized carbons (Fsp3) is 0.300. The molecule has 0 aromatic carbocycles. The Morgan fingerprint density at radius 3 is 2.72 bits per heavy atom. The molecule has 0 aliphatic rings. The number of aliphatic hydroxyl groups is 1. The van der Waals surface area contributed by atoms with E-state index in [0.29, 0.717) is 5.69 Å². The molecule has 8 heteroatoms. The van der Waals surface area contributed by atoms with Gasteiger partial charge in [-0.05, 0) is 12.1 Å². The van der Waals surface area contributed by atoms with Gasteiger partial charge in [0.15, 0.2) is 6.10 Å². The van der Waals surface area contributed by atoms with Gasteiger partial charge in [0.2, 0.25) is 11.7 Å². The quantitative estimate of drug-likeness (QED) is 0.906. The van der Waals surface area contributed by atoms with Crippen LogP contribution in [0.3, 0.4) is 0 Å². The van der Waals surface area contributed by atoms with E-state index < -0.39 is 18.7 Å². The van der Waals surface area contributed by atoms with Crippen LogP contribution < -0.4 is 0 Å². The molecular weight excluding hydrogens is 251 g/mol. The van der Waals surface area contributed by atoms with Crippen molar-refractivity contribution < 1.29 is 22.8 Å². The van der Waals surface area contributed by atoms with Gasteiger partial charge in [-0.3, -0.25) is 4.98 Å². The zero-order chi connectivity index (χ0) is 13.2. The van der Waals surface area contributed by atoms with Crippen LogP contribution in [0.2, 0.25) is 0 Å². The smallest absolute Gasteiger partial charge is 0.383 e. The highest BCUT2D eigenvalue weighted by Crippen LogP contribution is 2.23. The lowest BCUT2D eigenvalue weighted by Gasteiger charge is -2.11. The summed E-state index contributed by atoms with van der Waals surface area (Å²) in [6.45, 7) is 0. The molecule has 1 unspecified atom stereocenters. The van der Waals surface area contributed by atoms with Crippen molar-refractivity contribution >= 4 is 0 Å². The van der Waals surface area contributed by atoms with Crippen LogP contribution in [-0.4, -0.2) is 32.5 Å². The number of hydrogen-bond acceptors (Lipinski definition) is 5. The maximum Gasteiger partial charge on any atom is 0.414 e. The van der Waals surface area contributed by atoms with Crippen molar-refractivity contribution in [3.63, 3.8) is 0 Å². The number of alkyl halides is 3. The van der Waals surface area contributed by atoms with Crippen molar-refractivity contribution in [2.75, 3.05) is 0 Å². The van der Waals surface area contributed by atoms with E-state index in [2.05, 4.69) is 19.6 Å². The van der Waals surface area contributed by atoms with Gasteiger partial charge in [0, 0.05) is 6.20 Å². The van der Waals surface area contributed by atoms with Gasteiger partial charge < -0.3 is 9.63 Å². The number of rotatable bonds is 3. The molecule has 1 atom stereocenters. The maximum atomic E-state index is 12.1. The lowest BCUT2D eigenvalue weighted by Crippen LogP contribution is -2.30. The van der Waals surface area contributed by atoms with E-state index in [1.165, 1.54) is 6.20 Å². The summed E-state index contributed by atoms with van der Waals surface area (Å²) in [7, 11) is 0. The van der Waals surface area contributed by atoms with Crippen molar-refractivity contribution in [1.82, 2.24) is 15.1 Å². The van der Waals surface area contributed by atoms with Crippen molar-refractivity contribution in [1.29, 1.82) is 0 Å². The van der Waals surface area contributed by atoms with Crippen molar-refractivity contribution in [3.05, 3.63) is 30.3 Å². The van der Waals surface area contributed by atoms with Crippen LogP contribution in [0.15, 0.2) is 28.9 Å². The zero-order valence-corrected chi connectivity index (χ0v) is 8.92. The number of nitrogens with zero attached hydrogens (tertiary/aromatic N) is 3. The van der Waals surface area contributed by atoms with Crippen LogP contribution in [0.5, 0.6) is 0 Å². The molecule has 18 heavy (non-hydrogen) atoms. The fourth-order valence-electron chi connectivity index (χ4n) is 1.22. The van der Waals surface area contributed by atoms with E-state index >= 15 is 0 Å². The number of aliphatic hydroxyl groups excluding tert-OH is 1. The summed E-state index contributed by atoms with van der Waals surface area (Å²) in [6, 6.07) is 4.95. The highest BCUT2D eigenvalue weighted by atomic mass is 19.4. The molecule has 0 radical (unpaired) electrons. The van der Waals surface area contributed by atoms with E-state index in [9.17, 15) is 13.2 Å². The Labute approximate surface area is 99.3 Å². The molecule has 0 amide bonds. The first-order valence-electron chi connectivity index (χ1n) is 4.95. The second kappa shape index (κ2) is 4.73. The first-order valence-corrected chi connectivity index (χ1v) is 4.95. The Morgan fingerprint density at radius 2 is 2.11 bits per heavy atom. The summed E-state index contributed by atoms with van der Waals surface area (Å²) in [5, 5.41) is 12.3. The number of pyridine rings is 1. The van der Waals surface area contributed by atoms with Crippen LogP contribution in [0.1, 0.15) is 5.89 Å². The minimum absolute atomic E-state index is 0.0833. The van der Waals surface area contributed by atoms with Gasteiger partial charge in [-0.15, -0.1) is 0 Å². The monoisotopic (exact) mass is 259 g/mol. The third kappa shape index (κ3) is 2.83. The molecule has 2 aromatic rings. The SMILES string of the molecule is OC(Cc1nc(-c2ccccn2)no1)C(F)(F)F. The van der Waals surface area contributed by atoms with Crippen LogP contribution in [0, 0.1) is 0 Å². The predicted molar refractivity (Wildman–Crippen MR) is 53.3 cm³/mol. The molecule has 2 aromatic heterocycles. The average molecular weight is 259 g/mol.